The van der Waals surface area contributed by atoms with Crippen LogP contribution >= 0.6 is 0 Å². The second-order valence-electron chi connectivity index (χ2n) is 7.96. The predicted molar refractivity (Wildman–Crippen MR) is 123 cm³/mol. The zero-order valence-corrected chi connectivity index (χ0v) is 19.5. The third kappa shape index (κ3) is 4.38. The number of methoxy groups -OCH3 is 2. The lowest BCUT2D eigenvalue weighted by Gasteiger charge is -2.17. The third-order valence-corrected chi connectivity index (χ3v) is 5.94. The van der Waals surface area contributed by atoms with Gasteiger partial charge >= 0.3 is 12.1 Å². The van der Waals surface area contributed by atoms with E-state index in [-0.39, 0.29) is 45.6 Å². The standard InChI is InChI=1S/C26H21F5N2O3/c1-4-14-7-5-8-18(26(29,30)31)17(14)13-33-21-10-6-9-19(27)23(21)24(32-33)15-12-22(35-2)16(11-20(15)28)25(34)36-3/h5-12H,4,13H2,1-3H3. The molecule has 0 spiro atoms. The molecule has 0 aliphatic rings. The summed E-state index contributed by atoms with van der Waals surface area (Å²) in [5.41, 5.74) is -0.699. The lowest BCUT2D eigenvalue weighted by Crippen LogP contribution is -2.14. The van der Waals surface area contributed by atoms with E-state index in [9.17, 15) is 18.0 Å². The number of esters is 1. The maximum Gasteiger partial charge on any atom is 0.416 e. The SMILES string of the molecule is CCc1cccc(C(F)(F)F)c1Cn1nc(-c2cc(OC)c(C(=O)OC)cc2F)c2c(F)cccc21. The number of benzene rings is 3. The van der Waals surface area contributed by atoms with Gasteiger partial charge < -0.3 is 9.47 Å². The number of ether oxygens (including phenoxy) is 2. The first kappa shape index (κ1) is 25.2. The summed E-state index contributed by atoms with van der Waals surface area (Å²) in [4.78, 5) is 12.0. The fraction of sp³-hybridized carbons (Fsp3) is 0.231. The molecule has 4 rings (SSSR count). The Morgan fingerprint density at radius 2 is 1.75 bits per heavy atom. The van der Waals surface area contributed by atoms with Crippen LogP contribution in [0.4, 0.5) is 22.0 Å². The average Bonchev–Trinajstić information content (AvgIpc) is 3.22. The Hall–Kier alpha value is -3.95. The molecule has 1 heterocycles. The van der Waals surface area contributed by atoms with Crippen LogP contribution in [-0.2, 0) is 23.9 Å². The molecule has 0 atom stereocenters. The Bertz CT molecular complexity index is 1460. The Kier molecular flexibility index (Phi) is 6.71. The van der Waals surface area contributed by atoms with Crippen LogP contribution in [0.3, 0.4) is 0 Å². The molecule has 5 nitrogen and oxygen atoms in total. The number of halogens is 5. The Morgan fingerprint density at radius 1 is 1.03 bits per heavy atom. The Morgan fingerprint density at radius 3 is 2.39 bits per heavy atom. The van der Waals surface area contributed by atoms with Crippen molar-refractivity contribution < 1.29 is 36.2 Å². The van der Waals surface area contributed by atoms with Crippen molar-refractivity contribution in [1.29, 1.82) is 0 Å². The number of rotatable bonds is 6. The van der Waals surface area contributed by atoms with E-state index in [1.54, 1.807) is 13.0 Å². The van der Waals surface area contributed by atoms with Crippen LogP contribution in [-0.4, -0.2) is 30.0 Å². The molecule has 0 saturated heterocycles. The van der Waals surface area contributed by atoms with Crippen LogP contribution in [0.2, 0.25) is 0 Å². The topological polar surface area (TPSA) is 53.4 Å². The molecule has 0 radical (unpaired) electrons. The van der Waals surface area contributed by atoms with E-state index in [1.165, 1.54) is 36.1 Å². The first-order chi connectivity index (χ1) is 17.1. The minimum Gasteiger partial charge on any atom is -0.496 e. The highest BCUT2D eigenvalue weighted by Crippen LogP contribution is 2.38. The second-order valence-corrected chi connectivity index (χ2v) is 7.96. The summed E-state index contributed by atoms with van der Waals surface area (Å²) >= 11 is 0. The normalized spacial score (nSPS) is 11.7. The number of carbonyl (C=O) groups excluding carboxylic acids is 1. The first-order valence-corrected chi connectivity index (χ1v) is 10.9. The zero-order valence-electron chi connectivity index (χ0n) is 19.5. The number of aromatic nitrogens is 2. The summed E-state index contributed by atoms with van der Waals surface area (Å²) < 4.78 is 82.6. The van der Waals surface area contributed by atoms with E-state index < -0.39 is 29.3 Å². The molecule has 3 aromatic carbocycles. The van der Waals surface area contributed by atoms with Gasteiger partial charge in [0.2, 0.25) is 0 Å². The summed E-state index contributed by atoms with van der Waals surface area (Å²) in [6.45, 7) is 1.41. The van der Waals surface area contributed by atoms with E-state index in [4.69, 9.17) is 4.74 Å². The Labute approximate surface area is 203 Å². The lowest BCUT2D eigenvalue weighted by atomic mass is 9.98. The summed E-state index contributed by atoms with van der Waals surface area (Å²) in [6, 6.07) is 10.0. The highest BCUT2D eigenvalue weighted by molar-refractivity contribution is 5.97. The largest absolute Gasteiger partial charge is 0.496 e. The van der Waals surface area contributed by atoms with Gasteiger partial charge in [-0.1, -0.05) is 25.1 Å². The number of fused-ring (bicyclic) bond motifs is 1. The number of aryl methyl sites for hydroxylation is 1. The molecule has 1 aromatic heterocycles. The molecular weight excluding hydrogens is 483 g/mol. The number of carbonyl (C=O) groups is 1. The molecule has 0 aliphatic heterocycles. The van der Waals surface area contributed by atoms with E-state index in [1.807, 2.05) is 0 Å². The highest BCUT2D eigenvalue weighted by atomic mass is 19.4. The maximum atomic E-state index is 15.2. The van der Waals surface area contributed by atoms with Crippen LogP contribution in [0.1, 0.15) is 34.0 Å². The van der Waals surface area contributed by atoms with Crippen molar-refractivity contribution in [2.24, 2.45) is 0 Å². The van der Waals surface area contributed by atoms with Crippen LogP contribution in [0.15, 0.2) is 48.5 Å². The number of alkyl halides is 3. The minimum atomic E-state index is -4.61. The average molecular weight is 504 g/mol. The molecule has 0 N–H and O–H groups in total. The predicted octanol–water partition coefficient (Wildman–Crippen LogP) is 6.41. The van der Waals surface area contributed by atoms with Crippen molar-refractivity contribution in [1.82, 2.24) is 9.78 Å². The van der Waals surface area contributed by atoms with Gasteiger partial charge in [0, 0.05) is 5.56 Å². The van der Waals surface area contributed by atoms with Gasteiger partial charge in [-0.15, -0.1) is 0 Å². The lowest BCUT2D eigenvalue weighted by molar-refractivity contribution is -0.138. The molecule has 188 valence electrons. The monoisotopic (exact) mass is 504 g/mol. The number of nitrogens with zero attached hydrogens (tertiary/aromatic N) is 2. The summed E-state index contributed by atoms with van der Waals surface area (Å²) in [6.07, 6.45) is -4.28. The van der Waals surface area contributed by atoms with Gasteiger partial charge in [0.15, 0.2) is 0 Å². The van der Waals surface area contributed by atoms with Crippen LogP contribution in [0, 0.1) is 11.6 Å². The van der Waals surface area contributed by atoms with Gasteiger partial charge in [0.1, 0.15) is 28.6 Å². The molecule has 0 amide bonds. The van der Waals surface area contributed by atoms with Crippen LogP contribution < -0.4 is 4.74 Å². The minimum absolute atomic E-state index is 0.00759. The van der Waals surface area contributed by atoms with Gasteiger partial charge in [0.05, 0.1) is 37.2 Å². The smallest absolute Gasteiger partial charge is 0.416 e. The number of hydrogen-bond acceptors (Lipinski definition) is 4. The van der Waals surface area contributed by atoms with Gasteiger partial charge in [-0.2, -0.15) is 18.3 Å². The van der Waals surface area contributed by atoms with Crippen molar-refractivity contribution in [3.05, 3.63) is 82.4 Å². The Balaban J connectivity index is 1.96. The third-order valence-electron chi connectivity index (χ3n) is 5.94. The fourth-order valence-corrected chi connectivity index (χ4v) is 4.24. The molecule has 36 heavy (non-hydrogen) atoms. The molecule has 0 aliphatic carbocycles. The van der Waals surface area contributed by atoms with Crippen molar-refractivity contribution >= 4 is 16.9 Å². The molecule has 0 unspecified atom stereocenters. The second kappa shape index (κ2) is 9.60. The van der Waals surface area contributed by atoms with E-state index in [2.05, 4.69) is 9.84 Å². The van der Waals surface area contributed by atoms with E-state index >= 15 is 8.78 Å². The first-order valence-electron chi connectivity index (χ1n) is 10.9. The van der Waals surface area contributed by atoms with E-state index in [0.717, 1.165) is 25.3 Å². The van der Waals surface area contributed by atoms with Crippen molar-refractivity contribution in [2.75, 3.05) is 14.2 Å². The summed E-state index contributed by atoms with van der Waals surface area (Å²) in [5.74, 6) is -2.51. The van der Waals surface area contributed by atoms with Gasteiger partial charge in [-0.05, 0) is 47.9 Å². The maximum absolute atomic E-state index is 15.2. The van der Waals surface area contributed by atoms with Crippen molar-refractivity contribution in [3.63, 3.8) is 0 Å². The molecular formula is C26H21F5N2O3. The van der Waals surface area contributed by atoms with Gasteiger partial charge in [-0.3, -0.25) is 4.68 Å². The molecule has 0 bridgehead atoms. The molecule has 0 fully saturated rings. The van der Waals surface area contributed by atoms with Gasteiger partial charge in [-0.25, -0.2) is 13.6 Å². The zero-order chi connectivity index (χ0) is 26.2. The highest BCUT2D eigenvalue weighted by Gasteiger charge is 2.34. The van der Waals surface area contributed by atoms with Crippen LogP contribution in [0.5, 0.6) is 5.75 Å². The van der Waals surface area contributed by atoms with Crippen LogP contribution in [0.25, 0.3) is 22.2 Å². The summed E-state index contributed by atoms with van der Waals surface area (Å²) in [7, 11) is 2.39. The van der Waals surface area contributed by atoms with Crippen molar-refractivity contribution in [3.8, 4) is 17.0 Å². The van der Waals surface area contributed by atoms with Gasteiger partial charge in [0.25, 0.3) is 0 Å². The fourth-order valence-electron chi connectivity index (χ4n) is 4.24. The quantitative estimate of drug-likeness (QED) is 0.225. The van der Waals surface area contributed by atoms with E-state index in [0.29, 0.717) is 12.0 Å². The molecule has 10 heteroatoms. The molecule has 0 saturated carbocycles. The van der Waals surface area contributed by atoms with Crippen molar-refractivity contribution in [2.45, 2.75) is 26.1 Å². The molecule has 4 aromatic rings. The number of hydrogen-bond donors (Lipinski definition) is 0. The summed E-state index contributed by atoms with van der Waals surface area (Å²) in [5, 5.41) is 4.27.